The normalized spacial score (nSPS) is 11.8. The van der Waals surface area contributed by atoms with Crippen molar-refractivity contribution in [1.82, 2.24) is 9.78 Å². The zero-order valence-corrected chi connectivity index (χ0v) is 10.1. The van der Waals surface area contributed by atoms with Gasteiger partial charge in [-0.15, -0.1) is 0 Å². The molecule has 0 fully saturated rings. The summed E-state index contributed by atoms with van der Waals surface area (Å²) in [6.07, 6.45) is -3.46. The van der Waals surface area contributed by atoms with Crippen LogP contribution in [0.15, 0.2) is 24.4 Å². The second-order valence-electron chi connectivity index (χ2n) is 3.85. The standard InChI is InChI=1S/C11H8ClF4N3/c12-8-4-18-19(10(8)17)5-6-1-2-9(13)7(3-6)11(14,15)16/h1-4H,5,17H2. The second kappa shape index (κ2) is 4.73. The molecule has 2 aromatic rings. The van der Waals surface area contributed by atoms with Gasteiger partial charge in [-0.05, 0) is 17.7 Å². The quantitative estimate of drug-likeness (QED) is 0.863. The summed E-state index contributed by atoms with van der Waals surface area (Å²) in [7, 11) is 0. The van der Waals surface area contributed by atoms with Gasteiger partial charge < -0.3 is 5.73 Å². The first-order valence-electron chi connectivity index (χ1n) is 5.11. The van der Waals surface area contributed by atoms with Gasteiger partial charge in [-0.1, -0.05) is 17.7 Å². The summed E-state index contributed by atoms with van der Waals surface area (Å²) in [4.78, 5) is 0. The van der Waals surface area contributed by atoms with Crippen LogP contribution < -0.4 is 5.73 Å². The van der Waals surface area contributed by atoms with E-state index in [4.69, 9.17) is 17.3 Å². The summed E-state index contributed by atoms with van der Waals surface area (Å²) < 4.78 is 52.0. The number of benzene rings is 1. The van der Waals surface area contributed by atoms with Gasteiger partial charge in [0, 0.05) is 0 Å². The molecule has 0 aliphatic heterocycles. The van der Waals surface area contributed by atoms with Crippen LogP contribution >= 0.6 is 11.6 Å². The fourth-order valence-corrected chi connectivity index (χ4v) is 1.70. The molecule has 102 valence electrons. The van der Waals surface area contributed by atoms with Gasteiger partial charge in [-0.3, -0.25) is 0 Å². The summed E-state index contributed by atoms with van der Waals surface area (Å²) >= 11 is 5.68. The third-order valence-corrected chi connectivity index (χ3v) is 2.79. The van der Waals surface area contributed by atoms with Crippen LogP contribution in [0.2, 0.25) is 5.02 Å². The highest BCUT2D eigenvalue weighted by molar-refractivity contribution is 6.32. The summed E-state index contributed by atoms with van der Waals surface area (Å²) in [5.41, 5.74) is 4.48. The molecular formula is C11H8ClF4N3. The molecule has 19 heavy (non-hydrogen) atoms. The molecule has 0 amide bonds. The van der Waals surface area contributed by atoms with Crippen molar-refractivity contribution in [2.45, 2.75) is 12.7 Å². The Kier molecular flexibility index (Phi) is 3.40. The highest BCUT2D eigenvalue weighted by Gasteiger charge is 2.34. The highest BCUT2D eigenvalue weighted by atomic mass is 35.5. The van der Waals surface area contributed by atoms with Crippen LogP contribution in [0, 0.1) is 5.82 Å². The lowest BCUT2D eigenvalue weighted by Crippen LogP contribution is -2.11. The van der Waals surface area contributed by atoms with E-state index in [2.05, 4.69) is 5.10 Å². The van der Waals surface area contributed by atoms with E-state index >= 15 is 0 Å². The van der Waals surface area contributed by atoms with Crippen molar-refractivity contribution < 1.29 is 17.6 Å². The number of anilines is 1. The van der Waals surface area contributed by atoms with Crippen molar-refractivity contribution in [2.75, 3.05) is 5.73 Å². The van der Waals surface area contributed by atoms with E-state index in [1.54, 1.807) is 0 Å². The van der Waals surface area contributed by atoms with Gasteiger partial charge in [0.05, 0.1) is 18.3 Å². The molecule has 1 aromatic heterocycles. The van der Waals surface area contributed by atoms with Crippen LogP contribution in [0.4, 0.5) is 23.4 Å². The third-order valence-electron chi connectivity index (χ3n) is 2.50. The molecule has 0 saturated heterocycles. The summed E-state index contributed by atoms with van der Waals surface area (Å²) in [6, 6.07) is 2.73. The maximum absolute atomic E-state index is 13.1. The molecule has 1 aromatic carbocycles. The van der Waals surface area contributed by atoms with Crippen molar-refractivity contribution in [3.63, 3.8) is 0 Å². The number of nitrogen functional groups attached to an aromatic ring is 1. The molecule has 0 atom stereocenters. The lowest BCUT2D eigenvalue weighted by Gasteiger charge is -2.10. The van der Waals surface area contributed by atoms with E-state index in [-0.39, 0.29) is 22.9 Å². The first kappa shape index (κ1) is 13.7. The molecular weight excluding hydrogens is 286 g/mol. The number of aromatic nitrogens is 2. The molecule has 0 aliphatic rings. The zero-order valence-electron chi connectivity index (χ0n) is 9.38. The Morgan fingerprint density at radius 2 is 2.00 bits per heavy atom. The van der Waals surface area contributed by atoms with E-state index in [1.807, 2.05) is 0 Å². The molecule has 0 unspecified atom stereocenters. The molecule has 3 nitrogen and oxygen atoms in total. The molecule has 0 spiro atoms. The van der Waals surface area contributed by atoms with E-state index in [0.717, 1.165) is 12.1 Å². The number of alkyl halides is 3. The molecule has 0 aliphatic carbocycles. The van der Waals surface area contributed by atoms with Crippen LogP contribution in [0.3, 0.4) is 0 Å². The van der Waals surface area contributed by atoms with Crippen LogP contribution in [0.5, 0.6) is 0 Å². The molecule has 2 rings (SSSR count). The summed E-state index contributed by atoms with van der Waals surface area (Å²) in [5.74, 6) is -1.18. The van der Waals surface area contributed by atoms with E-state index in [9.17, 15) is 17.6 Å². The molecule has 0 bridgehead atoms. The van der Waals surface area contributed by atoms with Gasteiger partial charge in [-0.25, -0.2) is 9.07 Å². The second-order valence-corrected chi connectivity index (χ2v) is 4.25. The SMILES string of the molecule is Nc1c(Cl)cnn1Cc1ccc(F)c(C(F)(F)F)c1. The Labute approximate surface area is 110 Å². The van der Waals surface area contributed by atoms with E-state index in [0.29, 0.717) is 0 Å². The lowest BCUT2D eigenvalue weighted by atomic mass is 10.1. The van der Waals surface area contributed by atoms with Crippen LogP contribution in [0.1, 0.15) is 11.1 Å². The Morgan fingerprint density at radius 1 is 1.32 bits per heavy atom. The Morgan fingerprint density at radius 3 is 2.53 bits per heavy atom. The molecule has 1 heterocycles. The zero-order chi connectivity index (χ0) is 14.2. The Balaban J connectivity index is 2.34. The minimum Gasteiger partial charge on any atom is -0.383 e. The predicted octanol–water partition coefficient (Wildman–Crippen LogP) is 3.32. The number of nitrogens with zero attached hydrogens (tertiary/aromatic N) is 2. The van der Waals surface area contributed by atoms with Crippen molar-refractivity contribution in [3.8, 4) is 0 Å². The van der Waals surface area contributed by atoms with Gasteiger partial charge in [0.15, 0.2) is 0 Å². The smallest absolute Gasteiger partial charge is 0.383 e. The fourth-order valence-electron chi connectivity index (χ4n) is 1.56. The fraction of sp³-hybridized carbons (Fsp3) is 0.182. The molecule has 2 N–H and O–H groups in total. The average Bonchev–Trinajstić information content (AvgIpc) is 2.62. The average molecular weight is 294 g/mol. The van der Waals surface area contributed by atoms with E-state index in [1.165, 1.54) is 16.9 Å². The Hall–Kier alpha value is -1.76. The monoisotopic (exact) mass is 293 g/mol. The van der Waals surface area contributed by atoms with Crippen molar-refractivity contribution in [3.05, 3.63) is 46.4 Å². The molecule has 8 heteroatoms. The van der Waals surface area contributed by atoms with Crippen LogP contribution in [0.25, 0.3) is 0 Å². The highest BCUT2D eigenvalue weighted by Crippen LogP contribution is 2.32. The first-order chi connectivity index (χ1) is 8.79. The van der Waals surface area contributed by atoms with Crippen LogP contribution in [-0.2, 0) is 12.7 Å². The summed E-state index contributed by atoms with van der Waals surface area (Å²) in [6.45, 7) is -0.0259. The maximum Gasteiger partial charge on any atom is 0.419 e. The van der Waals surface area contributed by atoms with Gasteiger partial charge in [0.1, 0.15) is 16.7 Å². The van der Waals surface area contributed by atoms with Crippen LogP contribution in [-0.4, -0.2) is 9.78 Å². The minimum atomic E-state index is -4.74. The van der Waals surface area contributed by atoms with Gasteiger partial charge in [-0.2, -0.15) is 18.3 Å². The lowest BCUT2D eigenvalue weighted by molar-refractivity contribution is -0.140. The largest absolute Gasteiger partial charge is 0.419 e. The van der Waals surface area contributed by atoms with Gasteiger partial charge in [0.25, 0.3) is 0 Å². The van der Waals surface area contributed by atoms with Gasteiger partial charge in [0.2, 0.25) is 0 Å². The number of nitrogens with two attached hydrogens (primary N) is 1. The first-order valence-corrected chi connectivity index (χ1v) is 5.49. The van der Waals surface area contributed by atoms with Gasteiger partial charge >= 0.3 is 6.18 Å². The molecule has 0 radical (unpaired) electrons. The maximum atomic E-state index is 13.1. The number of hydrogen-bond acceptors (Lipinski definition) is 2. The van der Waals surface area contributed by atoms with Crippen molar-refractivity contribution in [1.29, 1.82) is 0 Å². The van der Waals surface area contributed by atoms with E-state index < -0.39 is 17.6 Å². The summed E-state index contributed by atoms with van der Waals surface area (Å²) in [5, 5.41) is 4.02. The number of hydrogen-bond donors (Lipinski definition) is 1. The topological polar surface area (TPSA) is 43.8 Å². The Bertz CT molecular complexity index is 606. The predicted molar refractivity (Wildman–Crippen MR) is 62.2 cm³/mol. The number of rotatable bonds is 2. The molecule has 0 saturated carbocycles. The third kappa shape index (κ3) is 2.81. The minimum absolute atomic E-state index is 0.0259. The number of halogens is 5. The van der Waals surface area contributed by atoms with Crippen molar-refractivity contribution >= 4 is 17.4 Å². The van der Waals surface area contributed by atoms with Crippen molar-refractivity contribution in [2.24, 2.45) is 0 Å².